The standard InChI is InChI=1S/C12H15N3S/c13-12(16)15-14-11-8-4-2-5-7-3(4)1-6(8)9(7)10(5)11/h3-10H,1-2H2,(H3,13,15,16)/b14-11-/t3-,4-,5+,6+,7+,8-,9+,10-/m1/s1. The van der Waals surface area contributed by atoms with E-state index in [9.17, 15) is 0 Å². The molecule has 2 bridgehead atoms. The van der Waals surface area contributed by atoms with Crippen LogP contribution in [0.1, 0.15) is 12.8 Å². The predicted molar refractivity (Wildman–Crippen MR) is 64.5 cm³/mol. The highest BCUT2D eigenvalue weighted by molar-refractivity contribution is 7.80. The summed E-state index contributed by atoms with van der Waals surface area (Å²) >= 11 is 4.84. The third-order valence-corrected chi connectivity index (χ3v) is 6.43. The van der Waals surface area contributed by atoms with E-state index in [-0.39, 0.29) is 0 Å². The Kier molecular flexibility index (Phi) is 1.22. The molecule has 0 aliphatic heterocycles. The van der Waals surface area contributed by atoms with E-state index >= 15 is 0 Å². The normalized spacial score (nSPS) is 64.4. The number of nitrogens with one attached hydrogen (secondary N) is 1. The second kappa shape index (κ2) is 2.30. The molecule has 84 valence electrons. The van der Waals surface area contributed by atoms with Crippen molar-refractivity contribution in [2.75, 3.05) is 0 Å². The van der Waals surface area contributed by atoms with E-state index in [1.165, 1.54) is 18.6 Å². The lowest BCUT2D eigenvalue weighted by atomic mass is 9.59. The molecule has 0 saturated heterocycles. The van der Waals surface area contributed by atoms with E-state index < -0.39 is 0 Å². The number of hydrazone groups is 1. The zero-order chi connectivity index (χ0) is 10.6. The van der Waals surface area contributed by atoms with E-state index in [1.54, 1.807) is 0 Å². The van der Waals surface area contributed by atoms with Gasteiger partial charge in [-0.3, -0.25) is 5.43 Å². The third kappa shape index (κ3) is 0.643. The summed E-state index contributed by atoms with van der Waals surface area (Å²) < 4.78 is 0. The first-order valence-corrected chi connectivity index (χ1v) is 6.81. The van der Waals surface area contributed by atoms with Crippen LogP contribution in [-0.2, 0) is 0 Å². The molecule has 0 amide bonds. The van der Waals surface area contributed by atoms with Crippen molar-refractivity contribution in [3.63, 3.8) is 0 Å². The molecule has 0 radical (unpaired) electrons. The van der Waals surface area contributed by atoms with E-state index in [0.717, 1.165) is 47.3 Å². The second-order valence-corrected chi connectivity index (χ2v) is 6.79. The zero-order valence-electron chi connectivity index (χ0n) is 8.97. The summed E-state index contributed by atoms with van der Waals surface area (Å²) in [6.07, 6.45) is 3.01. The highest BCUT2D eigenvalue weighted by atomic mass is 32.1. The van der Waals surface area contributed by atoms with Crippen molar-refractivity contribution in [1.82, 2.24) is 5.43 Å². The molecule has 8 atom stereocenters. The Morgan fingerprint density at radius 1 is 1.12 bits per heavy atom. The molecule has 0 unspecified atom stereocenters. The summed E-state index contributed by atoms with van der Waals surface area (Å²) in [6.45, 7) is 0. The number of rotatable bonds is 1. The number of fused-ring (bicyclic) bond motifs is 2. The first-order valence-electron chi connectivity index (χ1n) is 6.40. The van der Waals surface area contributed by atoms with Crippen molar-refractivity contribution < 1.29 is 0 Å². The molecular formula is C12H15N3S. The maximum atomic E-state index is 5.47. The number of nitrogens with zero attached hydrogens (tertiary/aromatic N) is 1. The molecule has 5 rings (SSSR count). The van der Waals surface area contributed by atoms with Crippen LogP contribution in [0.2, 0.25) is 0 Å². The summed E-state index contributed by atoms with van der Waals surface area (Å²) in [4.78, 5) is 0. The van der Waals surface area contributed by atoms with Gasteiger partial charge < -0.3 is 5.73 Å². The summed E-state index contributed by atoms with van der Waals surface area (Å²) in [5.41, 5.74) is 9.75. The van der Waals surface area contributed by atoms with Crippen LogP contribution in [0.15, 0.2) is 5.10 Å². The zero-order valence-corrected chi connectivity index (χ0v) is 9.78. The van der Waals surface area contributed by atoms with Gasteiger partial charge in [-0.1, -0.05) is 0 Å². The van der Waals surface area contributed by atoms with Crippen molar-refractivity contribution in [3.05, 3.63) is 0 Å². The molecule has 5 saturated carbocycles. The fourth-order valence-corrected chi connectivity index (χ4v) is 6.45. The van der Waals surface area contributed by atoms with Crippen molar-refractivity contribution in [2.45, 2.75) is 12.8 Å². The molecule has 0 aromatic carbocycles. The summed E-state index contributed by atoms with van der Waals surface area (Å²) in [5.74, 6) is 7.72. The quantitative estimate of drug-likeness (QED) is 0.524. The third-order valence-electron chi connectivity index (χ3n) is 6.34. The van der Waals surface area contributed by atoms with Gasteiger partial charge in [0.05, 0.1) is 0 Å². The molecule has 5 aliphatic carbocycles. The molecule has 3 nitrogen and oxygen atoms in total. The van der Waals surface area contributed by atoms with Gasteiger partial charge in [-0.15, -0.1) is 0 Å². The van der Waals surface area contributed by atoms with Crippen LogP contribution in [0.3, 0.4) is 0 Å². The van der Waals surface area contributed by atoms with Crippen molar-refractivity contribution in [3.8, 4) is 0 Å². The van der Waals surface area contributed by atoms with Gasteiger partial charge in [0.15, 0.2) is 5.11 Å². The number of thiocarbonyl (C=S) groups is 1. The predicted octanol–water partition coefficient (Wildman–Crippen LogP) is 0.953. The van der Waals surface area contributed by atoms with Crippen molar-refractivity contribution in [2.24, 2.45) is 58.2 Å². The van der Waals surface area contributed by atoms with Gasteiger partial charge in [-0.25, -0.2) is 0 Å². The Hall–Kier alpha value is -0.640. The minimum Gasteiger partial charge on any atom is -0.375 e. The Morgan fingerprint density at radius 2 is 1.88 bits per heavy atom. The number of hydrogen-bond donors (Lipinski definition) is 2. The average Bonchev–Trinajstić information content (AvgIpc) is 2.72. The fraction of sp³-hybridized carbons (Fsp3) is 0.833. The highest BCUT2D eigenvalue weighted by Gasteiger charge is 2.79. The lowest BCUT2D eigenvalue weighted by molar-refractivity contribution is 0.0503. The fourth-order valence-electron chi connectivity index (χ4n) is 6.40. The van der Waals surface area contributed by atoms with Crippen LogP contribution in [-0.4, -0.2) is 10.8 Å². The molecule has 0 heterocycles. The Labute approximate surface area is 99.8 Å². The van der Waals surface area contributed by atoms with Gasteiger partial charge in [0.25, 0.3) is 0 Å². The Balaban J connectivity index is 1.60. The van der Waals surface area contributed by atoms with Gasteiger partial charge in [0, 0.05) is 17.5 Å². The van der Waals surface area contributed by atoms with Crippen molar-refractivity contribution >= 4 is 23.0 Å². The molecule has 16 heavy (non-hydrogen) atoms. The minimum absolute atomic E-state index is 0.311. The van der Waals surface area contributed by atoms with E-state index in [4.69, 9.17) is 18.0 Å². The number of hydrogen-bond acceptors (Lipinski definition) is 2. The van der Waals surface area contributed by atoms with Gasteiger partial charge in [-0.2, -0.15) is 5.10 Å². The Bertz CT molecular complexity index is 440. The smallest absolute Gasteiger partial charge is 0.184 e. The van der Waals surface area contributed by atoms with Crippen LogP contribution in [0.4, 0.5) is 0 Å². The molecular weight excluding hydrogens is 218 g/mol. The van der Waals surface area contributed by atoms with E-state index in [2.05, 4.69) is 10.5 Å². The first-order chi connectivity index (χ1) is 7.77. The van der Waals surface area contributed by atoms with E-state index in [1.807, 2.05) is 0 Å². The van der Waals surface area contributed by atoms with E-state index in [0.29, 0.717) is 5.11 Å². The topological polar surface area (TPSA) is 50.4 Å². The monoisotopic (exact) mass is 233 g/mol. The maximum absolute atomic E-state index is 5.47. The average molecular weight is 233 g/mol. The van der Waals surface area contributed by atoms with Gasteiger partial charge in [0.1, 0.15) is 0 Å². The minimum atomic E-state index is 0.311. The maximum Gasteiger partial charge on any atom is 0.184 e. The van der Waals surface area contributed by atoms with Crippen LogP contribution in [0.25, 0.3) is 0 Å². The molecule has 0 aromatic rings. The summed E-state index contributed by atoms with van der Waals surface area (Å²) in [6, 6.07) is 0. The summed E-state index contributed by atoms with van der Waals surface area (Å²) in [7, 11) is 0. The largest absolute Gasteiger partial charge is 0.375 e. The van der Waals surface area contributed by atoms with Crippen LogP contribution < -0.4 is 11.2 Å². The lowest BCUT2D eigenvalue weighted by Crippen LogP contribution is -2.44. The molecule has 0 aromatic heterocycles. The van der Waals surface area contributed by atoms with Gasteiger partial charge in [0.2, 0.25) is 0 Å². The molecule has 0 spiro atoms. The van der Waals surface area contributed by atoms with Crippen LogP contribution >= 0.6 is 12.2 Å². The molecule has 5 aliphatic rings. The van der Waals surface area contributed by atoms with Crippen LogP contribution in [0.5, 0.6) is 0 Å². The molecule has 4 heteroatoms. The summed E-state index contributed by atoms with van der Waals surface area (Å²) in [5, 5.41) is 4.85. The van der Waals surface area contributed by atoms with Gasteiger partial charge in [-0.05, 0) is 60.6 Å². The Morgan fingerprint density at radius 3 is 2.69 bits per heavy atom. The van der Waals surface area contributed by atoms with Crippen molar-refractivity contribution in [1.29, 1.82) is 0 Å². The second-order valence-electron chi connectivity index (χ2n) is 6.35. The molecule has 3 N–H and O–H groups in total. The van der Waals surface area contributed by atoms with Gasteiger partial charge >= 0.3 is 0 Å². The SMILES string of the molecule is NC(=S)N/N=C1/[C@@H]2[C@@H]3C[C@@H]4[C@@H]1[C@H]1[C@H]2C[C@H]3[C@@H]41. The number of nitrogens with two attached hydrogens (primary N) is 1. The highest BCUT2D eigenvalue weighted by Crippen LogP contribution is 2.81. The first kappa shape index (κ1) is 8.45. The van der Waals surface area contributed by atoms with Crippen LogP contribution in [0, 0.1) is 47.3 Å². The lowest BCUT2D eigenvalue weighted by Gasteiger charge is -2.44. The molecule has 5 fully saturated rings.